The highest BCUT2D eigenvalue weighted by molar-refractivity contribution is 7.91. The van der Waals surface area contributed by atoms with E-state index >= 15 is 0 Å². The highest BCUT2D eigenvalue weighted by Gasteiger charge is 2.17. The van der Waals surface area contributed by atoms with Gasteiger partial charge in [0.05, 0.1) is 11.0 Å². The van der Waals surface area contributed by atoms with Crippen molar-refractivity contribution in [3.8, 4) is 0 Å². The number of carbonyl (C=O) groups excluding carboxylic acids is 1. The largest absolute Gasteiger partial charge is 0.329 e. The van der Waals surface area contributed by atoms with E-state index in [1.807, 2.05) is 24.5 Å². The van der Waals surface area contributed by atoms with E-state index in [-0.39, 0.29) is 4.21 Å². The monoisotopic (exact) mass is 364 g/mol. The molecule has 0 saturated heterocycles. The van der Waals surface area contributed by atoms with E-state index in [2.05, 4.69) is 15.2 Å². The molecule has 2 N–H and O–H groups in total. The summed E-state index contributed by atoms with van der Waals surface area (Å²) < 4.78 is 26.2. The molecular weight excluding hydrogens is 348 g/mol. The van der Waals surface area contributed by atoms with Gasteiger partial charge in [0.1, 0.15) is 10.0 Å². The lowest BCUT2D eigenvalue weighted by Crippen LogP contribution is -2.41. The molecule has 0 spiro atoms. The second-order valence-electron chi connectivity index (χ2n) is 5.10. The topological polar surface area (TPSA) is 93.1 Å². The molecule has 7 nitrogen and oxygen atoms in total. The van der Waals surface area contributed by atoms with E-state index in [0.29, 0.717) is 11.1 Å². The average molecular weight is 364 g/mol. The maximum Gasteiger partial charge on any atom is 0.266 e. The Kier molecular flexibility index (Phi) is 4.39. The van der Waals surface area contributed by atoms with Gasteiger partial charge >= 0.3 is 0 Å². The molecule has 126 valence electrons. The second kappa shape index (κ2) is 6.34. The van der Waals surface area contributed by atoms with Crippen molar-refractivity contribution < 1.29 is 13.2 Å². The van der Waals surface area contributed by atoms with Crippen LogP contribution in [0.25, 0.3) is 11.0 Å². The quantitative estimate of drug-likeness (QED) is 0.678. The van der Waals surface area contributed by atoms with Crippen molar-refractivity contribution >= 4 is 38.3 Å². The summed E-state index contributed by atoms with van der Waals surface area (Å²) in [5, 5.41) is 1.65. The van der Waals surface area contributed by atoms with E-state index in [0.717, 1.165) is 29.2 Å². The van der Waals surface area contributed by atoms with Gasteiger partial charge < -0.3 is 4.57 Å². The Balaban J connectivity index is 1.79. The summed E-state index contributed by atoms with van der Waals surface area (Å²) in [5.41, 5.74) is 4.19. The summed E-state index contributed by atoms with van der Waals surface area (Å²) >= 11 is 1.07. The third-order valence-electron chi connectivity index (χ3n) is 3.58. The van der Waals surface area contributed by atoms with Crippen molar-refractivity contribution in [2.45, 2.75) is 24.6 Å². The molecule has 0 aliphatic heterocycles. The van der Waals surface area contributed by atoms with Gasteiger partial charge in [-0.3, -0.25) is 10.2 Å². The van der Waals surface area contributed by atoms with E-state index < -0.39 is 15.9 Å². The summed E-state index contributed by atoms with van der Waals surface area (Å²) in [7, 11) is -3.75. The molecule has 0 bridgehead atoms. The molecule has 2 heterocycles. The van der Waals surface area contributed by atoms with Gasteiger partial charge in [-0.1, -0.05) is 6.07 Å². The molecule has 9 heteroatoms. The molecule has 0 saturated carbocycles. The molecule has 0 atom stereocenters. The summed E-state index contributed by atoms with van der Waals surface area (Å²) in [6.07, 6.45) is 0. The number of rotatable bonds is 5. The smallest absolute Gasteiger partial charge is 0.266 e. The van der Waals surface area contributed by atoms with E-state index in [9.17, 15) is 13.2 Å². The number of hydrogen-bond donors (Lipinski definition) is 2. The molecular formula is C15H16N4O3S2. The van der Waals surface area contributed by atoms with E-state index in [1.54, 1.807) is 23.6 Å². The Morgan fingerprint density at radius 1 is 1.33 bits per heavy atom. The molecule has 0 fully saturated rings. The fourth-order valence-corrected chi connectivity index (χ4v) is 4.28. The molecule has 1 aromatic carbocycles. The van der Waals surface area contributed by atoms with Gasteiger partial charge in [-0.05, 0) is 43.5 Å². The van der Waals surface area contributed by atoms with Crippen LogP contribution in [0.2, 0.25) is 0 Å². The number of imidazole rings is 1. The lowest BCUT2D eigenvalue weighted by atomic mass is 10.2. The predicted octanol–water partition coefficient (Wildman–Crippen LogP) is 2.05. The van der Waals surface area contributed by atoms with Gasteiger partial charge in [0.25, 0.3) is 15.9 Å². The van der Waals surface area contributed by atoms with Crippen LogP contribution in [0.15, 0.2) is 39.9 Å². The number of nitrogens with zero attached hydrogens (tertiary/aromatic N) is 2. The lowest BCUT2D eigenvalue weighted by molar-refractivity contribution is 0.0945. The van der Waals surface area contributed by atoms with Crippen molar-refractivity contribution in [1.29, 1.82) is 0 Å². The Morgan fingerprint density at radius 3 is 2.79 bits per heavy atom. The molecule has 2 aromatic heterocycles. The van der Waals surface area contributed by atoms with Gasteiger partial charge in [0.15, 0.2) is 0 Å². The minimum atomic E-state index is -3.75. The second-order valence-corrected chi connectivity index (χ2v) is 7.96. The fraction of sp³-hybridized carbons (Fsp3) is 0.200. The Hall–Kier alpha value is -2.23. The minimum Gasteiger partial charge on any atom is -0.329 e. The van der Waals surface area contributed by atoms with Crippen LogP contribution in [0.4, 0.5) is 0 Å². The third-order valence-corrected chi connectivity index (χ3v) is 6.22. The first kappa shape index (κ1) is 16.6. The number of amides is 1. The SMILES string of the molecule is CCn1c(C)nc2cc(C(=O)NNS(=O)(=O)c3cccs3)ccc21. The molecule has 0 aliphatic carbocycles. The zero-order chi connectivity index (χ0) is 17.3. The number of aryl methyl sites for hydroxylation is 2. The van der Waals surface area contributed by atoms with Gasteiger partial charge in [-0.15, -0.1) is 16.2 Å². The number of sulfonamides is 1. The number of carbonyl (C=O) groups is 1. The molecule has 3 rings (SSSR count). The van der Waals surface area contributed by atoms with Crippen LogP contribution in [0, 0.1) is 6.92 Å². The average Bonchev–Trinajstić information content (AvgIpc) is 3.19. The zero-order valence-electron chi connectivity index (χ0n) is 13.1. The molecule has 0 radical (unpaired) electrons. The molecule has 3 aromatic rings. The molecule has 1 amide bonds. The first-order valence-corrected chi connectivity index (χ1v) is 9.61. The van der Waals surface area contributed by atoms with Crippen molar-refractivity contribution in [2.75, 3.05) is 0 Å². The van der Waals surface area contributed by atoms with Crippen LogP contribution in [0.1, 0.15) is 23.1 Å². The highest BCUT2D eigenvalue weighted by atomic mass is 32.2. The number of aromatic nitrogens is 2. The fourth-order valence-electron chi connectivity index (χ4n) is 2.44. The van der Waals surface area contributed by atoms with Crippen LogP contribution in [0.5, 0.6) is 0 Å². The predicted molar refractivity (Wildman–Crippen MR) is 92.3 cm³/mol. The van der Waals surface area contributed by atoms with Crippen LogP contribution in [-0.4, -0.2) is 23.9 Å². The maximum atomic E-state index is 12.2. The van der Waals surface area contributed by atoms with Crippen molar-refractivity contribution in [3.63, 3.8) is 0 Å². The van der Waals surface area contributed by atoms with Crippen LogP contribution < -0.4 is 10.3 Å². The number of benzene rings is 1. The van der Waals surface area contributed by atoms with Crippen molar-refractivity contribution in [2.24, 2.45) is 0 Å². The first-order chi connectivity index (χ1) is 11.4. The maximum absolute atomic E-state index is 12.2. The number of nitrogens with one attached hydrogen (secondary N) is 2. The normalized spacial score (nSPS) is 11.8. The van der Waals surface area contributed by atoms with E-state index in [4.69, 9.17) is 0 Å². The first-order valence-electron chi connectivity index (χ1n) is 7.25. The van der Waals surface area contributed by atoms with Gasteiger partial charge in [0, 0.05) is 12.1 Å². The van der Waals surface area contributed by atoms with Crippen LogP contribution in [-0.2, 0) is 16.6 Å². The van der Waals surface area contributed by atoms with Crippen LogP contribution >= 0.6 is 11.3 Å². The summed E-state index contributed by atoms with van der Waals surface area (Å²) in [4.78, 5) is 18.7. The standard InChI is InChI=1S/C15H16N4O3S2/c1-3-19-10(2)16-12-9-11(6-7-13(12)19)15(20)17-18-24(21,22)14-5-4-8-23-14/h4-9,18H,3H2,1-2H3,(H,17,20). The Labute approximate surface area is 143 Å². The summed E-state index contributed by atoms with van der Waals surface area (Å²) in [6, 6.07) is 8.18. The van der Waals surface area contributed by atoms with Crippen molar-refractivity contribution in [1.82, 2.24) is 19.8 Å². The highest BCUT2D eigenvalue weighted by Crippen LogP contribution is 2.18. The van der Waals surface area contributed by atoms with E-state index in [1.165, 1.54) is 6.07 Å². The number of hydrogen-bond acceptors (Lipinski definition) is 5. The van der Waals surface area contributed by atoms with Crippen molar-refractivity contribution in [3.05, 3.63) is 47.1 Å². The lowest BCUT2D eigenvalue weighted by Gasteiger charge is -2.07. The van der Waals surface area contributed by atoms with Gasteiger partial charge in [0.2, 0.25) is 0 Å². The van der Waals surface area contributed by atoms with Gasteiger partial charge in [-0.2, -0.15) is 0 Å². The Morgan fingerprint density at radius 2 is 2.12 bits per heavy atom. The third kappa shape index (κ3) is 3.05. The molecule has 24 heavy (non-hydrogen) atoms. The van der Waals surface area contributed by atoms with Gasteiger partial charge in [-0.25, -0.2) is 13.4 Å². The minimum absolute atomic E-state index is 0.135. The summed E-state index contributed by atoms with van der Waals surface area (Å²) in [6.45, 7) is 4.71. The summed E-state index contributed by atoms with van der Waals surface area (Å²) in [5.74, 6) is 0.323. The van der Waals surface area contributed by atoms with Crippen LogP contribution in [0.3, 0.4) is 0 Å². The number of fused-ring (bicyclic) bond motifs is 1. The zero-order valence-corrected chi connectivity index (χ0v) is 14.7. The Bertz CT molecular complexity index is 991. The number of thiophene rings is 1. The number of hydrazine groups is 1. The molecule has 0 unspecified atom stereocenters. The molecule has 0 aliphatic rings.